The lowest BCUT2D eigenvalue weighted by atomic mass is 10.3. The highest BCUT2D eigenvalue weighted by Crippen LogP contribution is 2.20. The van der Waals surface area contributed by atoms with E-state index in [0.29, 0.717) is 0 Å². The maximum absolute atomic E-state index is 11.8. The first-order chi connectivity index (χ1) is 7.33. The summed E-state index contributed by atoms with van der Waals surface area (Å²) in [6.07, 6.45) is 4.73. The topological polar surface area (TPSA) is 32.8 Å². The van der Waals surface area contributed by atoms with Gasteiger partial charge in [-0.15, -0.1) is 0 Å². The number of carbonyl (C=O) groups excluding carboxylic acids is 1. The zero-order valence-corrected chi connectivity index (χ0v) is 9.45. The Balaban J connectivity index is 2.03. The summed E-state index contributed by atoms with van der Waals surface area (Å²) in [6, 6.07) is 0. The lowest BCUT2D eigenvalue weighted by Gasteiger charge is -2.32. The van der Waals surface area contributed by atoms with Gasteiger partial charge in [-0.2, -0.15) is 0 Å². The smallest absolute Gasteiger partial charge is 0.338 e. The lowest BCUT2D eigenvalue weighted by Crippen LogP contribution is -2.51. The molecule has 0 N–H and O–H groups in total. The van der Waals surface area contributed by atoms with Crippen LogP contribution in [0.2, 0.25) is 0 Å². The van der Waals surface area contributed by atoms with Crippen LogP contribution in [-0.4, -0.2) is 55.2 Å². The van der Waals surface area contributed by atoms with Gasteiger partial charge < -0.3 is 4.74 Å². The van der Waals surface area contributed by atoms with Crippen LogP contribution in [0.4, 0.5) is 0 Å². The third kappa shape index (κ3) is 2.32. The second-order valence-electron chi connectivity index (χ2n) is 4.38. The molecule has 0 aliphatic carbocycles. The average Bonchev–Trinajstić information content (AvgIpc) is 2.90. The van der Waals surface area contributed by atoms with E-state index in [0.717, 1.165) is 26.2 Å². The number of hydrogen-bond acceptors (Lipinski definition) is 4. The number of ether oxygens (including phenoxy) is 1. The van der Waals surface area contributed by atoms with Crippen molar-refractivity contribution >= 4 is 5.97 Å². The summed E-state index contributed by atoms with van der Waals surface area (Å²) >= 11 is 0. The molecule has 86 valence electrons. The minimum atomic E-state index is -0.111. The van der Waals surface area contributed by atoms with Crippen LogP contribution in [0.1, 0.15) is 25.7 Å². The van der Waals surface area contributed by atoms with E-state index in [-0.39, 0.29) is 12.1 Å². The second-order valence-corrected chi connectivity index (χ2v) is 4.38. The van der Waals surface area contributed by atoms with Gasteiger partial charge in [-0.1, -0.05) is 0 Å². The van der Waals surface area contributed by atoms with Gasteiger partial charge in [0.25, 0.3) is 0 Å². The Morgan fingerprint density at radius 2 is 1.40 bits per heavy atom. The second kappa shape index (κ2) is 4.94. The van der Waals surface area contributed by atoms with Crippen molar-refractivity contribution in [3.63, 3.8) is 0 Å². The molecule has 0 aromatic heterocycles. The average molecular weight is 212 g/mol. The van der Waals surface area contributed by atoms with Crippen LogP contribution in [0.15, 0.2) is 0 Å². The van der Waals surface area contributed by atoms with Crippen molar-refractivity contribution in [2.24, 2.45) is 0 Å². The Hall–Kier alpha value is -0.610. The number of esters is 1. The molecule has 0 bridgehead atoms. The van der Waals surface area contributed by atoms with E-state index >= 15 is 0 Å². The van der Waals surface area contributed by atoms with Gasteiger partial charge in [-0.05, 0) is 25.7 Å². The van der Waals surface area contributed by atoms with Gasteiger partial charge in [-0.3, -0.25) is 9.80 Å². The Labute approximate surface area is 91.2 Å². The molecule has 4 nitrogen and oxygen atoms in total. The fourth-order valence-corrected chi connectivity index (χ4v) is 2.61. The first-order valence-electron chi connectivity index (χ1n) is 5.89. The zero-order chi connectivity index (χ0) is 10.7. The fraction of sp³-hybridized carbons (Fsp3) is 0.909. The van der Waals surface area contributed by atoms with E-state index in [1.807, 2.05) is 0 Å². The normalized spacial score (nSPS) is 23.9. The minimum Gasteiger partial charge on any atom is -0.467 e. The van der Waals surface area contributed by atoms with E-state index in [2.05, 4.69) is 9.80 Å². The number of methoxy groups -OCH3 is 1. The van der Waals surface area contributed by atoms with Gasteiger partial charge in [-0.25, -0.2) is 4.79 Å². The molecular formula is C11H20N2O2. The molecule has 0 atom stereocenters. The molecule has 0 amide bonds. The largest absolute Gasteiger partial charge is 0.467 e. The molecule has 2 aliphatic heterocycles. The van der Waals surface area contributed by atoms with E-state index in [1.54, 1.807) is 0 Å². The van der Waals surface area contributed by atoms with Crippen molar-refractivity contribution in [2.45, 2.75) is 31.8 Å². The van der Waals surface area contributed by atoms with Crippen molar-refractivity contribution in [1.29, 1.82) is 0 Å². The number of carbonyl (C=O) groups is 1. The van der Waals surface area contributed by atoms with Gasteiger partial charge in [0.05, 0.1) is 7.11 Å². The Kier molecular flexibility index (Phi) is 3.59. The van der Waals surface area contributed by atoms with Crippen molar-refractivity contribution in [2.75, 3.05) is 33.3 Å². The van der Waals surface area contributed by atoms with Crippen molar-refractivity contribution < 1.29 is 9.53 Å². The third-order valence-electron chi connectivity index (χ3n) is 3.39. The summed E-state index contributed by atoms with van der Waals surface area (Å²) in [5, 5.41) is 0. The molecule has 2 fully saturated rings. The molecule has 0 spiro atoms. The van der Waals surface area contributed by atoms with E-state index < -0.39 is 0 Å². The first kappa shape index (κ1) is 10.9. The highest BCUT2D eigenvalue weighted by molar-refractivity contribution is 5.75. The maximum atomic E-state index is 11.8. The van der Waals surface area contributed by atoms with Crippen LogP contribution < -0.4 is 0 Å². The molecule has 0 aromatic rings. The number of hydrogen-bond donors (Lipinski definition) is 0. The van der Waals surface area contributed by atoms with Crippen LogP contribution in [0, 0.1) is 0 Å². The molecular weight excluding hydrogens is 192 g/mol. The van der Waals surface area contributed by atoms with Crippen LogP contribution in [0.3, 0.4) is 0 Å². The summed E-state index contributed by atoms with van der Waals surface area (Å²) < 4.78 is 4.91. The molecule has 2 heterocycles. The molecule has 0 unspecified atom stereocenters. The predicted molar refractivity (Wildman–Crippen MR) is 57.4 cm³/mol. The Bertz CT molecular complexity index is 205. The molecule has 2 rings (SSSR count). The number of nitrogens with zero attached hydrogens (tertiary/aromatic N) is 2. The van der Waals surface area contributed by atoms with Crippen molar-refractivity contribution in [3.8, 4) is 0 Å². The maximum Gasteiger partial charge on any atom is 0.338 e. The molecule has 0 radical (unpaired) electrons. The lowest BCUT2D eigenvalue weighted by molar-refractivity contribution is -0.153. The quantitative estimate of drug-likeness (QED) is 0.644. The summed E-state index contributed by atoms with van der Waals surface area (Å²) in [7, 11) is 1.49. The third-order valence-corrected chi connectivity index (χ3v) is 3.39. The van der Waals surface area contributed by atoms with E-state index in [9.17, 15) is 4.79 Å². The molecule has 4 heteroatoms. The van der Waals surface area contributed by atoms with Crippen molar-refractivity contribution in [3.05, 3.63) is 0 Å². The molecule has 0 aromatic carbocycles. The fourth-order valence-electron chi connectivity index (χ4n) is 2.61. The summed E-state index contributed by atoms with van der Waals surface area (Å²) in [5.41, 5.74) is 0. The standard InChI is InChI=1S/C11H20N2O2/c1-15-11(14)10(12-6-2-3-7-12)13-8-4-5-9-13/h10H,2-9H2,1H3. The SMILES string of the molecule is COC(=O)C(N1CCCC1)N1CCCC1. The van der Waals surface area contributed by atoms with Gasteiger partial charge >= 0.3 is 5.97 Å². The number of likely N-dealkylation sites (tertiary alicyclic amines) is 2. The highest BCUT2D eigenvalue weighted by atomic mass is 16.5. The van der Waals surface area contributed by atoms with Gasteiger partial charge in [0.1, 0.15) is 0 Å². The summed E-state index contributed by atoms with van der Waals surface area (Å²) in [4.78, 5) is 16.3. The summed E-state index contributed by atoms with van der Waals surface area (Å²) in [6.45, 7) is 4.15. The van der Waals surface area contributed by atoms with E-state index in [1.165, 1.54) is 32.8 Å². The molecule has 2 aliphatic rings. The van der Waals surface area contributed by atoms with Crippen LogP contribution in [-0.2, 0) is 9.53 Å². The first-order valence-corrected chi connectivity index (χ1v) is 5.89. The Morgan fingerprint density at radius 1 is 1.00 bits per heavy atom. The van der Waals surface area contributed by atoms with Crippen LogP contribution >= 0.6 is 0 Å². The summed E-state index contributed by atoms with van der Waals surface area (Å²) in [5.74, 6) is -0.0844. The van der Waals surface area contributed by atoms with Crippen LogP contribution in [0.25, 0.3) is 0 Å². The molecule has 0 saturated carbocycles. The number of rotatable bonds is 3. The van der Waals surface area contributed by atoms with E-state index in [4.69, 9.17) is 4.74 Å². The minimum absolute atomic E-state index is 0.0844. The van der Waals surface area contributed by atoms with Gasteiger partial charge in [0, 0.05) is 26.2 Å². The van der Waals surface area contributed by atoms with Crippen LogP contribution in [0.5, 0.6) is 0 Å². The monoisotopic (exact) mass is 212 g/mol. The molecule has 2 saturated heterocycles. The van der Waals surface area contributed by atoms with Crippen molar-refractivity contribution in [1.82, 2.24) is 9.80 Å². The zero-order valence-electron chi connectivity index (χ0n) is 9.45. The molecule has 15 heavy (non-hydrogen) atoms. The highest BCUT2D eigenvalue weighted by Gasteiger charge is 2.35. The van der Waals surface area contributed by atoms with Gasteiger partial charge in [0.15, 0.2) is 6.17 Å². The van der Waals surface area contributed by atoms with Gasteiger partial charge in [0.2, 0.25) is 0 Å². The predicted octanol–water partition coefficient (Wildman–Crippen LogP) is 0.677. The Morgan fingerprint density at radius 3 is 1.73 bits per heavy atom.